The molecule has 0 aliphatic carbocycles. The number of nitrogens with one attached hydrogen (secondary N) is 2. The SMILES string of the molecule is Cc1cc(NC(=O)COC(=O)c2ccc(-c3nc(C)c(C)[nH]3)cc2)no1. The molecule has 0 unspecified atom stereocenters. The first-order valence-electron chi connectivity index (χ1n) is 7.96. The summed E-state index contributed by atoms with van der Waals surface area (Å²) in [5.74, 6) is 0.498. The van der Waals surface area contributed by atoms with E-state index >= 15 is 0 Å². The minimum atomic E-state index is -0.588. The highest BCUT2D eigenvalue weighted by Gasteiger charge is 2.13. The lowest BCUT2D eigenvalue weighted by molar-refractivity contribution is -0.119. The Morgan fingerprint density at radius 2 is 1.92 bits per heavy atom. The van der Waals surface area contributed by atoms with E-state index in [0.29, 0.717) is 11.3 Å². The summed E-state index contributed by atoms with van der Waals surface area (Å²) in [6.45, 7) is 5.16. The van der Waals surface area contributed by atoms with Crippen molar-refractivity contribution in [2.45, 2.75) is 20.8 Å². The van der Waals surface area contributed by atoms with Crippen LogP contribution in [-0.4, -0.2) is 33.6 Å². The Morgan fingerprint density at radius 3 is 2.50 bits per heavy atom. The lowest BCUT2D eigenvalue weighted by Crippen LogP contribution is -2.21. The van der Waals surface area contributed by atoms with Crippen LogP contribution in [0.2, 0.25) is 0 Å². The third-order valence-corrected chi connectivity index (χ3v) is 3.75. The Hall–Kier alpha value is -3.42. The van der Waals surface area contributed by atoms with E-state index in [-0.39, 0.29) is 5.82 Å². The molecule has 0 radical (unpaired) electrons. The van der Waals surface area contributed by atoms with E-state index in [2.05, 4.69) is 20.4 Å². The van der Waals surface area contributed by atoms with Crippen molar-refractivity contribution in [3.8, 4) is 11.4 Å². The fourth-order valence-electron chi connectivity index (χ4n) is 2.27. The van der Waals surface area contributed by atoms with Crippen LogP contribution in [0.25, 0.3) is 11.4 Å². The molecule has 0 aliphatic heterocycles. The van der Waals surface area contributed by atoms with Gasteiger partial charge in [0.15, 0.2) is 12.4 Å². The quantitative estimate of drug-likeness (QED) is 0.682. The van der Waals surface area contributed by atoms with E-state index in [4.69, 9.17) is 9.26 Å². The summed E-state index contributed by atoms with van der Waals surface area (Å²) in [5.41, 5.74) is 3.13. The van der Waals surface area contributed by atoms with Crippen LogP contribution in [0.5, 0.6) is 0 Å². The van der Waals surface area contributed by atoms with Crippen molar-refractivity contribution in [1.29, 1.82) is 0 Å². The first-order valence-corrected chi connectivity index (χ1v) is 7.96. The van der Waals surface area contributed by atoms with Gasteiger partial charge in [-0.2, -0.15) is 0 Å². The number of nitrogens with zero attached hydrogens (tertiary/aromatic N) is 2. The molecule has 8 nitrogen and oxygen atoms in total. The summed E-state index contributed by atoms with van der Waals surface area (Å²) in [6.07, 6.45) is 0. The summed E-state index contributed by atoms with van der Waals surface area (Å²) in [7, 11) is 0. The number of anilines is 1. The second kappa shape index (κ2) is 7.22. The molecule has 2 heterocycles. The Bertz CT molecular complexity index is 921. The highest BCUT2D eigenvalue weighted by Crippen LogP contribution is 2.18. The number of aromatic amines is 1. The fraction of sp³-hybridized carbons (Fsp3) is 0.222. The Kier molecular flexibility index (Phi) is 4.83. The number of hydrogen-bond acceptors (Lipinski definition) is 6. The van der Waals surface area contributed by atoms with Gasteiger partial charge < -0.3 is 19.6 Å². The molecule has 3 rings (SSSR count). The van der Waals surface area contributed by atoms with E-state index in [1.165, 1.54) is 0 Å². The second-order valence-electron chi connectivity index (χ2n) is 5.82. The molecule has 1 amide bonds. The van der Waals surface area contributed by atoms with Gasteiger partial charge in [-0.3, -0.25) is 4.79 Å². The maximum atomic E-state index is 12.1. The number of hydrogen-bond donors (Lipinski definition) is 2. The van der Waals surface area contributed by atoms with Gasteiger partial charge in [-0.05, 0) is 32.9 Å². The van der Waals surface area contributed by atoms with Crippen molar-refractivity contribution < 1.29 is 18.8 Å². The smallest absolute Gasteiger partial charge is 0.338 e. The molecule has 134 valence electrons. The van der Waals surface area contributed by atoms with Crippen LogP contribution in [0.3, 0.4) is 0 Å². The molecule has 26 heavy (non-hydrogen) atoms. The van der Waals surface area contributed by atoms with Crippen molar-refractivity contribution in [3.63, 3.8) is 0 Å². The summed E-state index contributed by atoms with van der Waals surface area (Å²) in [4.78, 5) is 31.4. The van der Waals surface area contributed by atoms with E-state index in [9.17, 15) is 9.59 Å². The zero-order valence-electron chi connectivity index (χ0n) is 14.6. The Balaban J connectivity index is 1.57. The first kappa shape index (κ1) is 17.4. The lowest BCUT2D eigenvalue weighted by Gasteiger charge is -2.05. The van der Waals surface area contributed by atoms with Gasteiger partial charge in [-0.25, -0.2) is 9.78 Å². The molecule has 2 aromatic heterocycles. The van der Waals surface area contributed by atoms with E-state index in [1.54, 1.807) is 37.3 Å². The fourth-order valence-corrected chi connectivity index (χ4v) is 2.27. The molecule has 0 atom stereocenters. The topological polar surface area (TPSA) is 110 Å². The van der Waals surface area contributed by atoms with Gasteiger partial charge in [0.25, 0.3) is 5.91 Å². The van der Waals surface area contributed by atoms with Gasteiger partial charge in [0, 0.05) is 17.3 Å². The predicted octanol–water partition coefficient (Wildman–Crippen LogP) is 2.79. The number of carbonyl (C=O) groups excluding carboxylic acids is 2. The van der Waals surface area contributed by atoms with Crippen molar-refractivity contribution >= 4 is 17.7 Å². The standard InChI is InChI=1S/C18H18N4O4/c1-10-8-15(22-26-10)21-16(23)9-25-18(24)14-6-4-13(5-7-14)17-19-11(2)12(3)20-17/h4-8H,9H2,1-3H3,(H,19,20)(H,21,22,23). The van der Waals surface area contributed by atoms with Crippen LogP contribution in [0.15, 0.2) is 34.9 Å². The molecule has 0 saturated heterocycles. The lowest BCUT2D eigenvalue weighted by atomic mass is 10.1. The number of H-pyrrole nitrogens is 1. The van der Waals surface area contributed by atoms with E-state index in [0.717, 1.165) is 22.8 Å². The number of rotatable bonds is 5. The summed E-state index contributed by atoms with van der Waals surface area (Å²) < 4.78 is 9.84. The third-order valence-electron chi connectivity index (χ3n) is 3.75. The normalized spacial score (nSPS) is 10.6. The Labute approximate surface area is 149 Å². The highest BCUT2D eigenvalue weighted by molar-refractivity contribution is 5.95. The van der Waals surface area contributed by atoms with Crippen molar-refractivity contribution in [3.05, 3.63) is 53.0 Å². The summed E-state index contributed by atoms with van der Waals surface area (Å²) >= 11 is 0. The Morgan fingerprint density at radius 1 is 1.19 bits per heavy atom. The molecule has 0 fully saturated rings. The second-order valence-corrected chi connectivity index (χ2v) is 5.82. The van der Waals surface area contributed by atoms with E-state index < -0.39 is 18.5 Å². The summed E-state index contributed by atoms with van der Waals surface area (Å²) in [6, 6.07) is 8.36. The molecular formula is C18H18N4O4. The highest BCUT2D eigenvalue weighted by atomic mass is 16.5. The minimum Gasteiger partial charge on any atom is -0.452 e. The summed E-state index contributed by atoms with van der Waals surface area (Å²) in [5, 5.41) is 6.11. The minimum absolute atomic E-state index is 0.275. The number of aromatic nitrogens is 3. The third kappa shape index (κ3) is 3.97. The van der Waals surface area contributed by atoms with E-state index in [1.807, 2.05) is 13.8 Å². The van der Waals surface area contributed by atoms with Crippen LogP contribution in [-0.2, 0) is 9.53 Å². The van der Waals surface area contributed by atoms with Gasteiger partial charge in [0.05, 0.1) is 11.3 Å². The molecule has 0 spiro atoms. The average Bonchev–Trinajstić information content (AvgIpc) is 3.18. The maximum absolute atomic E-state index is 12.1. The van der Waals surface area contributed by atoms with Crippen molar-refractivity contribution in [1.82, 2.24) is 15.1 Å². The number of imidazole rings is 1. The van der Waals surface area contributed by atoms with Crippen LogP contribution in [0.4, 0.5) is 5.82 Å². The predicted molar refractivity (Wildman–Crippen MR) is 93.6 cm³/mol. The molecule has 0 saturated carbocycles. The molecule has 3 aromatic rings. The average molecular weight is 354 g/mol. The zero-order valence-corrected chi connectivity index (χ0v) is 14.6. The largest absolute Gasteiger partial charge is 0.452 e. The maximum Gasteiger partial charge on any atom is 0.338 e. The van der Waals surface area contributed by atoms with Crippen molar-refractivity contribution in [2.24, 2.45) is 0 Å². The monoisotopic (exact) mass is 354 g/mol. The number of amides is 1. The van der Waals surface area contributed by atoms with Crippen molar-refractivity contribution in [2.75, 3.05) is 11.9 Å². The molecule has 0 bridgehead atoms. The van der Waals surface area contributed by atoms with Crippen LogP contribution in [0, 0.1) is 20.8 Å². The number of ether oxygens (including phenoxy) is 1. The van der Waals surface area contributed by atoms with Gasteiger partial charge in [0.1, 0.15) is 11.6 Å². The number of carbonyl (C=O) groups is 2. The number of esters is 1. The first-order chi connectivity index (χ1) is 12.4. The van der Waals surface area contributed by atoms with Gasteiger partial charge >= 0.3 is 5.97 Å². The molecule has 2 N–H and O–H groups in total. The molecule has 0 aliphatic rings. The van der Waals surface area contributed by atoms with Crippen LogP contribution >= 0.6 is 0 Å². The zero-order chi connectivity index (χ0) is 18.7. The van der Waals surface area contributed by atoms with Crippen LogP contribution in [0.1, 0.15) is 27.5 Å². The van der Waals surface area contributed by atoms with Gasteiger partial charge in [-0.1, -0.05) is 17.3 Å². The molecule has 1 aromatic carbocycles. The van der Waals surface area contributed by atoms with Gasteiger partial charge in [0.2, 0.25) is 0 Å². The molecular weight excluding hydrogens is 336 g/mol. The number of benzene rings is 1. The number of aryl methyl sites for hydroxylation is 3. The van der Waals surface area contributed by atoms with Crippen LogP contribution < -0.4 is 5.32 Å². The van der Waals surface area contributed by atoms with Gasteiger partial charge in [-0.15, -0.1) is 0 Å². The molecule has 8 heteroatoms.